The highest BCUT2D eigenvalue weighted by Crippen LogP contribution is 2.32. The molecule has 12 nitrogen and oxygen atoms in total. The molecule has 0 saturated heterocycles. The number of aromatic nitrogens is 6. The number of nitrogens with zero attached hydrogens (tertiary/aromatic N) is 8. The van der Waals surface area contributed by atoms with Crippen LogP contribution in [0.1, 0.15) is 11.4 Å². The van der Waals surface area contributed by atoms with Gasteiger partial charge in [0.25, 0.3) is 0 Å². The SMILES string of the molecule is N#Cc1nc2c(nc1N)c1nc(N)c(N)nc1c1nc(N)c(C#N)nc12. The molecule has 0 fully saturated rings. The Bertz CT molecular complexity index is 1240. The van der Waals surface area contributed by atoms with E-state index < -0.39 is 0 Å². The number of hydrogen-bond acceptors (Lipinski definition) is 12. The number of nitriles is 2. The topological polar surface area (TPSA) is 229 Å². The third-order valence-corrected chi connectivity index (χ3v) is 3.68. The van der Waals surface area contributed by atoms with Gasteiger partial charge < -0.3 is 22.9 Å². The maximum atomic E-state index is 9.18. The van der Waals surface area contributed by atoms with Crippen molar-refractivity contribution in [2.24, 2.45) is 0 Å². The van der Waals surface area contributed by atoms with Crippen LogP contribution in [-0.4, -0.2) is 29.9 Å². The molecule has 124 valence electrons. The van der Waals surface area contributed by atoms with Gasteiger partial charge in [-0.3, -0.25) is 0 Å². The second-order valence-corrected chi connectivity index (χ2v) is 5.22. The Morgan fingerprint density at radius 3 is 1.04 bits per heavy atom. The van der Waals surface area contributed by atoms with E-state index in [-0.39, 0.29) is 67.8 Å². The zero-order valence-corrected chi connectivity index (χ0v) is 12.9. The van der Waals surface area contributed by atoms with E-state index >= 15 is 0 Å². The second-order valence-electron chi connectivity index (χ2n) is 5.22. The molecule has 0 aliphatic rings. The molecule has 4 rings (SSSR count). The van der Waals surface area contributed by atoms with Crippen LogP contribution in [0.15, 0.2) is 0 Å². The van der Waals surface area contributed by atoms with E-state index in [2.05, 4.69) is 29.9 Å². The number of nitrogen functional groups attached to an aromatic ring is 4. The molecule has 0 atom stereocenters. The Labute approximate surface area is 144 Å². The fourth-order valence-corrected chi connectivity index (χ4v) is 2.51. The summed E-state index contributed by atoms with van der Waals surface area (Å²) in [5.74, 6) is -0.224. The zero-order chi connectivity index (χ0) is 18.6. The summed E-state index contributed by atoms with van der Waals surface area (Å²) in [6.45, 7) is 0. The number of nitrogens with two attached hydrogens (primary N) is 4. The van der Waals surface area contributed by atoms with Crippen molar-refractivity contribution < 1.29 is 0 Å². The Balaban J connectivity index is 2.39. The van der Waals surface area contributed by atoms with Crippen molar-refractivity contribution >= 4 is 56.4 Å². The lowest BCUT2D eigenvalue weighted by molar-refractivity contribution is 1.21. The monoisotopic (exact) mass is 344 g/mol. The van der Waals surface area contributed by atoms with Gasteiger partial charge in [-0.2, -0.15) is 10.5 Å². The van der Waals surface area contributed by atoms with Crippen molar-refractivity contribution in [3.05, 3.63) is 11.4 Å². The van der Waals surface area contributed by atoms with Crippen LogP contribution in [0, 0.1) is 22.7 Å². The quantitative estimate of drug-likeness (QED) is 0.298. The predicted octanol–water partition coefficient (Wildman–Crippen LogP) is -0.412. The summed E-state index contributed by atoms with van der Waals surface area (Å²) < 4.78 is 0. The lowest BCUT2D eigenvalue weighted by Crippen LogP contribution is -2.07. The molecule has 26 heavy (non-hydrogen) atoms. The third-order valence-electron chi connectivity index (χ3n) is 3.68. The van der Waals surface area contributed by atoms with Gasteiger partial charge in [-0.05, 0) is 0 Å². The number of fused-ring (bicyclic) bond motifs is 6. The third kappa shape index (κ3) is 1.87. The molecule has 0 saturated carbocycles. The fourth-order valence-electron chi connectivity index (χ4n) is 2.51. The minimum absolute atomic E-state index is 0.0162. The molecular weight excluding hydrogens is 336 g/mol. The number of benzene rings is 1. The molecule has 4 aromatic rings. The molecule has 0 unspecified atom stereocenters. The maximum absolute atomic E-state index is 9.18. The highest BCUT2D eigenvalue weighted by atomic mass is 15.0. The van der Waals surface area contributed by atoms with Crippen molar-refractivity contribution in [2.75, 3.05) is 22.9 Å². The highest BCUT2D eigenvalue weighted by Gasteiger charge is 2.20. The van der Waals surface area contributed by atoms with E-state index in [4.69, 9.17) is 22.9 Å². The normalized spacial score (nSPS) is 10.8. The zero-order valence-electron chi connectivity index (χ0n) is 12.9. The van der Waals surface area contributed by atoms with E-state index in [9.17, 15) is 10.5 Å². The minimum atomic E-state index is -0.105. The van der Waals surface area contributed by atoms with Gasteiger partial charge in [-0.1, -0.05) is 0 Å². The summed E-state index contributed by atoms with van der Waals surface area (Å²) in [6, 6.07) is 3.69. The van der Waals surface area contributed by atoms with Gasteiger partial charge >= 0.3 is 0 Å². The Hall–Kier alpha value is -4.58. The fraction of sp³-hybridized carbons (Fsp3) is 0. The molecule has 3 heterocycles. The molecule has 0 spiro atoms. The first-order chi connectivity index (χ1) is 12.4. The Morgan fingerprint density at radius 2 is 0.731 bits per heavy atom. The number of anilines is 4. The van der Waals surface area contributed by atoms with Crippen LogP contribution < -0.4 is 22.9 Å². The van der Waals surface area contributed by atoms with Crippen LogP contribution in [0.2, 0.25) is 0 Å². The van der Waals surface area contributed by atoms with E-state index in [0.29, 0.717) is 0 Å². The lowest BCUT2D eigenvalue weighted by atomic mass is 10.1. The molecule has 0 aliphatic carbocycles. The van der Waals surface area contributed by atoms with Crippen LogP contribution in [0.4, 0.5) is 23.3 Å². The smallest absolute Gasteiger partial charge is 0.183 e. The minimum Gasteiger partial charge on any atom is -0.381 e. The summed E-state index contributed by atoms with van der Waals surface area (Å²) in [7, 11) is 0. The van der Waals surface area contributed by atoms with Gasteiger partial charge in [0.15, 0.2) is 34.7 Å². The van der Waals surface area contributed by atoms with Crippen molar-refractivity contribution in [1.29, 1.82) is 10.5 Å². The van der Waals surface area contributed by atoms with Gasteiger partial charge in [-0.25, -0.2) is 29.9 Å². The van der Waals surface area contributed by atoms with Gasteiger partial charge in [-0.15, -0.1) is 0 Å². The molecule has 12 heteroatoms. The van der Waals surface area contributed by atoms with Gasteiger partial charge in [0.05, 0.1) is 0 Å². The lowest BCUT2D eigenvalue weighted by Gasteiger charge is -2.10. The van der Waals surface area contributed by atoms with Gasteiger partial charge in [0.1, 0.15) is 45.2 Å². The summed E-state index contributed by atoms with van der Waals surface area (Å²) in [5.41, 5.74) is 24.0. The molecule has 0 radical (unpaired) electrons. The average Bonchev–Trinajstić information content (AvgIpc) is 2.62. The summed E-state index contributed by atoms with van der Waals surface area (Å²) >= 11 is 0. The van der Waals surface area contributed by atoms with Crippen molar-refractivity contribution in [3.63, 3.8) is 0 Å². The summed E-state index contributed by atoms with van der Waals surface area (Å²) in [4.78, 5) is 25.1. The van der Waals surface area contributed by atoms with E-state index in [1.54, 1.807) is 0 Å². The molecule has 0 aliphatic heterocycles. The van der Waals surface area contributed by atoms with E-state index in [1.807, 2.05) is 12.1 Å². The second kappa shape index (κ2) is 4.96. The average molecular weight is 344 g/mol. The predicted molar refractivity (Wildman–Crippen MR) is 92.8 cm³/mol. The van der Waals surface area contributed by atoms with Crippen molar-refractivity contribution in [1.82, 2.24) is 29.9 Å². The van der Waals surface area contributed by atoms with Crippen LogP contribution in [0.25, 0.3) is 33.1 Å². The van der Waals surface area contributed by atoms with Crippen LogP contribution >= 0.6 is 0 Å². The molecule has 8 N–H and O–H groups in total. The highest BCUT2D eigenvalue weighted by molar-refractivity contribution is 6.19. The summed E-state index contributed by atoms with van der Waals surface area (Å²) in [6.07, 6.45) is 0. The first kappa shape index (κ1) is 15.0. The number of rotatable bonds is 0. The molecule has 3 aromatic heterocycles. The number of hydrogen-bond donors (Lipinski definition) is 4. The van der Waals surface area contributed by atoms with Crippen LogP contribution in [0.5, 0.6) is 0 Å². The van der Waals surface area contributed by atoms with Crippen LogP contribution in [-0.2, 0) is 0 Å². The van der Waals surface area contributed by atoms with Gasteiger partial charge in [0.2, 0.25) is 0 Å². The standard InChI is InChI=1S/C14H8N12/c15-1-3-11(17)23-7-5(21-3)6-8(24-12(18)4(2-16)22-6)10-9(7)25-13(19)14(20)26-10/h(H2,17,23)(H2,18,24)(H2,19,25)(H2,20,26). The van der Waals surface area contributed by atoms with Crippen molar-refractivity contribution in [3.8, 4) is 12.1 Å². The van der Waals surface area contributed by atoms with Crippen molar-refractivity contribution in [2.45, 2.75) is 0 Å². The van der Waals surface area contributed by atoms with Gasteiger partial charge in [0, 0.05) is 0 Å². The van der Waals surface area contributed by atoms with Crippen LogP contribution in [0.3, 0.4) is 0 Å². The molecule has 1 aromatic carbocycles. The summed E-state index contributed by atoms with van der Waals surface area (Å²) in [5, 5.41) is 18.4. The maximum Gasteiger partial charge on any atom is 0.183 e. The largest absolute Gasteiger partial charge is 0.381 e. The van der Waals surface area contributed by atoms with E-state index in [0.717, 1.165) is 0 Å². The Kier molecular flexibility index (Phi) is 2.85. The first-order valence-electron chi connectivity index (χ1n) is 7.04. The molecular formula is C14H8N12. The molecule has 0 bridgehead atoms. The Morgan fingerprint density at radius 1 is 0.462 bits per heavy atom. The first-order valence-corrected chi connectivity index (χ1v) is 7.04. The molecule has 0 amide bonds. The van der Waals surface area contributed by atoms with E-state index in [1.165, 1.54) is 0 Å².